The van der Waals surface area contributed by atoms with Crippen molar-refractivity contribution in [3.63, 3.8) is 0 Å². The molecule has 4 rings (SSSR count). The number of rotatable bonds is 9. The van der Waals surface area contributed by atoms with Crippen molar-refractivity contribution in [2.45, 2.75) is 64.6 Å². The molecule has 3 aromatic rings. The van der Waals surface area contributed by atoms with Gasteiger partial charge in [-0.15, -0.1) is 0 Å². The van der Waals surface area contributed by atoms with E-state index in [0.29, 0.717) is 18.1 Å². The molecule has 4 unspecified atom stereocenters. The van der Waals surface area contributed by atoms with E-state index < -0.39 is 18.4 Å². The Morgan fingerprint density at radius 2 is 1.76 bits per heavy atom. The normalized spacial score (nSPS) is 20.1. The number of hydrogen-bond donors (Lipinski definition) is 2. The summed E-state index contributed by atoms with van der Waals surface area (Å²) < 4.78 is 19.3. The van der Waals surface area contributed by atoms with Crippen LogP contribution in [0.15, 0.2) is 54.9 Å². The molecular formula is C27H29Cl2N3O6. The molecule has 1 aromatic heterocycles. The Morgan fingerprint density at radius 3 is 2.37 bits per heavy atom. The summed E-state index contributed by atoms with van der Waals surface area (Å²) in [5.74, 6) is -0.886. The Kier molecular flexibility index (Phi) is 9.40. The molecular weight excluding hydrogens is 533 g/mol. The predicted octanol–water partition coefficient (Wildman–Crippen LogP) is 4.50. The average Bonchev–Trinajstić information content (AvgIpc) is 3.23. The summed E-state index contributed by atoms with van der Waals surface area (Å²) in [4.78, 5) is 27.2. The maximum atomic E-state index is 12.1. The topological polar surface area (TPSA) is 112 Å². The number of nitrogens with zero attached hydrogens (tertiary/aromatic N) is 2. The predicted molar refractivity (Wildman–Crippen MR) is 140 cm³/mol. The number of ether oxygens (including phenoxy) is 3. The lowest BCUT2D eigenvalue weighted by Crippen LogP contribution is -2.35. The second kappa shape index (κ2) is 12.7. The molecule has 1 amide bonds. The molecule has 0 saturated carbocycles. The first-order valence-corrected chi connectivity index (χ1v) is 12.9. The molecule has 11 heteroatoms. The van der Waals surface area contributed by atoms with Crippen LogP contribution in [0.3, 0.4) is 0 Å². The van der Waals surface area contributed by atoms with E-state index in [0.717, 1.165) is 22.3 Å². The highest BCUT2D eigenvalue weighted by atomic mass is 35.5. The van der Waals surface area contributed by atoms with Crippen LogP contribution in [-0.4, -0.2) is 38.7 Å². The average molecular weight is 562 g/mol. The maximum Gasteiger partial charge on any atom is 0.303 e. The van der Waals surface area contributed by atoms with Crippen LogP contribution in [-0.2, 0) is 43.5 Å². The van der Waals surface area contributed by atoms with Gasteiger partial charge in [-0.25, -0.2) is 4.98 Å². The molecule has 2 aromatic carbocycles. The standard InChI is InChI=1S/C27H29Cl2N3O6/c1-16(36-17(2)34)26(35)30-12-18-3-9-21(10-4-18)27-37-22(13-32-15-31-24(28)25(32)29)11-23(38-27)20-7-5-19(14-33)6-8-20/h3-10,15-16,22-23,27,33H,11-14H2,1-2H3,(H,30,35). The lowest BCUT2D eigenvalue weighted by atomic mass is 10.00. The third-order valence-electron chi connectivity index (χ3n) is 6.18. The van der Waals surface area contributed by atoms with Crippen molar-refractivity contribution in [1.29, 1.82) is 0 Å². The summed E-state index contributed by atoms with van der Waals surface area (Å²) >= 11 is 12.3. The van der Waals surface area contributed by atoms with Crippen LogP contribution in [0, 0.1) is 0 Å². The third kappa shape index (κ3) is 7.12. The van der Waals surface area contributed by atoms with E-state index in [1.54, 1.807) is 10.9 Å². The number of aliphatic hydroxyl groups is 1. The third-order valence-corrected chi connectivity index (χ3v) is 6.95. The minimum atomic E-state index is -0.866. The summed E-state index contributed by atoms with van der Waals surface area (Å²) in [5.41, 5.74) is 3.46. The highest BCUT2D eigenvalue weighted by Crippen LogP contribution is 2.39. The number of hydrogen-bond acceptors (Lipinski definition) is 7. The van der Waals surface area contributed by atoms with Gasteiger partial charge in [0.2, 0.25) is 0 Å². The van der Waals surface area contributed by atoms with Crippen molar-refractivity contribution >= 4 is 35.1 Å². The van der Waals surface area contributed by atoms with Crippen molar-refractivity contribution < 1.29 is 28.9 Å². The summed E-state index contributed by atoms with van der Waals surface area (Å²) in [5, 5.41) is 12.7. The van der Waals surface area contributed by atoms with Gasteiger partial charge in [0.1, 0.15) is 5.15 Å². The van der Waals surface area contributed by atoms with Crippen LogP contribution >= 0.6 is 23.2 Å². The zero-order chi connectivity index (χ0) is 27.2. The van der Waals surface area contributed by atoms with E-state index in [9.17, 15) is 14.7 Å². The first-order valence-electron chi connectivity index (χ1n) is 12.1. The van der Waals surface area contributed by atoms with Gasteiger partial charge in [0.05, 0.1) is 31.7 Å². The van der Waals surface area contributed by atoms with Gasteiger partial charge in [0, 0.05) is 25.5 Å². The highest BCUT2D eigenvalue weighted by Gasteiger charge is 2.33. The molecule has 2 heterocycles. The number of halogens is 2. The number of imidazole rings is 1. The van der Waals surface area contributed by atoms with E-state index in [4.69, 9.17) is 37.4 Å². The van der Waals surface area contributed by atoms with Gasteiger partial charge >= 0.3 is 5.97 Å². The fraction of sp³-hybridized carbons (Fsp3) is 0.370. The minimum absolute atomic E-state index is 0.0322. The number of benzene rings is 2. The van der Waals surface area contributed by atoms with Crippen molar-refractivity contribution in [1.82, 2.24) is 14.9 Å². The van der Waals surface area contributed by atoms with Crippen molar-refractivity contribution in [2.75, 3.05) is 0 Å². The maximum absolute atomic E-state index is 12.1. The van der Waals surface area contributed by atoms with E-state index in [-0.39, 0.29) is 36.4 Å². The monoisotopic (exact) mass is 561 g/mol. The molecule has 4 atom stereocenters. The molecule has 202 valence electrons. The van der Waals surface area contributed by atoms with Gasteiger partial charge in [-0.1, -0.05) is 71.7 Å². The Balaban J connectivity index is 1.47. The van der Waals surface area contributed by atoms with E-state index in [1.165, 1.54) is 13.8 Å². The molecule has 2 N–H and O–H groups in total. The smallest absolute Gasteiger partial charge is 0.303 e. The fourth-order valence-electron chi connectivity index (χ4n) is 4.15. The number of aromatic nitrogens is 2. The number of esters is 1. The molecule has 0 bridgehead atoms. The van der Waals surface area contributed by atoms with Gasteiger partial charge in [0.15, 0.2) is 17.5 Å². The highest BCUT2D eigenvalue weighted by molar-refractivity contribution is 6.40. The van der Waals surface area contributed by atoms with Crippen LogP contribution in [0.5, 0.6) is 0 Å². The van der Waals surface area contributed by atoms with E-state index in [2.05, 4.69) is 10.3 Å². The Bertz CT molecular complexity index is 1250. The number of amides is 1. The number of nitrogens with one attached hydrogen (secondary N) is 1. The minimum Gasteiger partial charge on any atom is -0.453 e. The van der Waals surface area contributed by atoms with Gasteiger partial charge in [0.25, 0.3) is 5.91 Å². The zero-order valence-corrected chi connectivity index (χ0v) is 22.5. The van der Waals surface area contributed by atoms with Crippen LogP contribution < -0.4 is 5.32 Å². The van der Waals surface area contributed by atoms with Crippen molar-refractivity contribution in [3.05, 3.63) is 87.4 Å². The van der Waals surface area contributed by atoms with Crippen molar-refractivity contribution in [2.24, 2.45) is 0 Å². The van der Waals surface area contributed by atoms with Crippen LogP contribution in [0.4, 0.5) is 0 Å². The van der Waals surface area contributed by atoms with Gasteiger partial charge in [-0.05, 0) is 23.6 Å². The zero-order valence-electron chi connectivity index (χ0n) is 21.0. The first-order chi connectivity index (χ1) is 18.2. The van der Waals surface area contributed by atoms with E-state index >= 15 is 0 Å². The van der Waals surface area contributed by atoms with Crippen molar-refractivity contribution in [3.8, 4) is 0 Å². The van der Waals surface area contributed by atoms with Gasteiger partial charge in [-0.3, -0.25) is 9.59 Å². The molecule has 1 saturated heterocycles. The molecule has 0 aliphatic carbocycles. The van der Waals surface area contributed by atoms with Crippen LogP contribution in [0.25, 0.3) is 0 Å². The summed E-state index contributed by atoms with van der Waals surface area (Å²) in [6.45, 7) is 3.46. The molecule has 0 radical (unpaired) electrons. The fourth-order valence-corrected chi connectivity index (χ4v) is 4.46. The second-order valence-corrected chi connectivity index (χ2v) is 9.76. The molecule has 1 aliphatic heterocycles. The van der Waals surface area contributed by atoms with Crippen LogP contribution in [0.2, 0.25) is 10.3 Å². The lowest BCUT2D eigenvalue weighted by molar-refractivity contribution is -0.252. The quantitative estimate of drug-likeness (QED) is 0.370. The molecule has 9 nitrogen and oxygen atoms in total. The Labute approximate surface area is 230 Å². The SMILES string of the molecule is CC(=O)OC(C)C(=O)NCc1ccc(C2OC(Cn3cnc(Cl)c3Cl)CC(c3ccc(CO)cc3)O2)cc1. The molecule has 38 heavy (non-hydrogen) atoms. The number of carbonyl (C=O) groups is 2. The summed E-state index contributed by atoms with van der Waals surface area (Å²) in [6, 6.07) is 15.2. The lowest BCUT2D eigenvalue weighted by Gasteiger charge is -2.36. The number of aliphatic hydroxyl groups excluding tert-OH is 1. The summed E-state index contributed by atoms with van der Waals surface area (Å²) in [6.07, 6.45) is 0.129. The van der Waals surface area contributed by atoms with Gasteiger partial charge < -0.3 is 29.2 Å². The molecule has 0 spiro atoms. The summed E-state index contributed by atoms with van der Waals surface area (Å²) in [7, 11) is 0. The Morgan fingerprint density at radius 1 is 1.11 bits per heavy atom. The Hall–Kier alpha value is -2.95. The molecule has 1 fully saturated rings. The van der Waals surface area contributed by atoms with Gasteiger partial charge in [-0.2, -0.15) is 0 Å². The van der Waals surface area contributed by atoms with Crippen LogP contribution in [0.1, 0.15) is 54.9 Å². The first kappa shape index (κ1) is 28.1. The van der Waals surface area contributed by atoms with E-state index in [1.807, 2.05) is 48.5 Å². The molecule has 1 aliphatic rings. The second-order valence-electron chi connectivity index (χ2n) is 9.04. The largest absolute Gasteiger partial charge is 0.453 e. The number of carbonyl (C=O) groups excluding carboxylic acids is 2.